The maximum atomic E-state index is 8.93. The van der Waals surface area contributed by atoms with E-state index in [9.17, 15) is 0 Å². The molecule has 0 spiro atoms. The number of nitriles is 1. The molecule has 6 nitrogen and oxygen atoms in total. The van der Waals surface area contributed by atoms with Crippen LogP contribution >= 0.6 is 11.8 Å². The molecule has 0 atom stereocenters. The quantitative estimate of drug-likeness (QED) is 0.711. The van der Waals surface area contributed by atoms with Crippen molar-refractivity contribution in [1.29, 1.82) is 10.7 Å². The largest absolute Gasteiger partial charge is 0.328 e. The van der Waals surface area contributed by atoms with Gasteiger partial charge in [0.15, 0.2) is 16.3 Å². The summed E-state index contributed by atoms with van der Waals surface area (Å²) in [7, 11) is 0. The topological polar surface area (TPSA) is 94.1 Å². The van der Waals surface area contributed by atoms with Gasteiger partial charge in [-0.15, -0.1) is 0 Å². The van der Waals surface area contributed by atoms with Crippen LogP contribution < -0.4 is 5.49 Å². The molecule has 140 valence electrons. The van der Waals surface area contributed by atoms with Crippen molar-refractivity contribution in [2.45, 2.75) is 64.6 Å². The van der Waals surface area contributed by atoms with Gasteiger partial charge >= 0.3 is 0 Å². The molecule has 0 radical (unpaired) electrons. The standard InChI is InChI=1S/C20H24N6S/c1-10-11(2)13(4)17(14(5)12(10)3)27-20-24-16-18(22)23-15(6)26(9-7-8-21)19(16)25-20/h22H,7,9H2,1-6H3,(H,24,25). The van der Waals surface area contributed by atoms with Crippen molar-refractivity contribution in [3.05, 3.63) is 39.1 Å². The van der Waals surface area contributed by atoms with Crippen molar-refractivity contribution >= 4 is 22.9 Å². The van der Waals surface area contributed by atoms with Crippen LogP contribution in [0.1, 0.15) is 40.1 Å². The Kier molecular flexibility index (Phi) is 5.11. The van der Waals surface area contributed by atoms with E-state index in [1.54, 1.807) is 11.8 Å². The molecule has 7 heteroatoms. The van der Waals surface area contributed by atoms with E-state index < -0.39 is 0 Å². The first-order valence-electron chi connectivity index (χ1n) is 8.89. The van der Waals surface area contributed by atoms with Crippen LogP contribution in [0.5, 0.6) is 0 Å². The lowest BCUT2D eigenvalue weighted by Crippen LogP contribution is -2.17. The van der Waals surface area contributed by atoms with Gasteiger partial charge < -0.3 is 9.55 Å². The Hall–Kier alpha value is -2.59. The molecule has 0 amide bonds. The fraction of sp³-hybridized carbons (Fsp3) is 0.400. The van der Waals surface area contributed by atoms with Crippen molar-refractivity contribution < 1.29 is 0 Å². The number of hydrogen-bond acceptors (Lipinski definition) is 5. The zero-order valence-corrected chi connectivity index (χ0v) is 17.4. The number of fused-ring (bicyclic) bond motifs is 1. The van der Waals surface area contributed by atoms with E-state index >= 15 is 0 Å². The molecule has 0 saturated heterocycles. The molecular weight excluding hydrogens is 356 g/mol. The minimum absolute atomic E-state index is 0.180. The predicted molar refractivity (Wildman–Crippen MR) is 107 cm³/mol. The highest BCUT2D eigenvalue weighted by molar-refractivity contribution is 7.99. The second-order valence-electron chi connectivity index (χ2n) is 6.86. The molecule has 0 aliphatic rings. The van der Waals surface area contributed by atoms with E-state index in [4.69, 9.17) is 15.7 Å². The third kappa shape index (κ3) is 3.26. The van der Waals surface area contributed by atoms with Crippen molar-refractivity contribution in [2.24, 2.45) is 0 Å². The van der Waals surface area contributed by atoms with Crippen LogP contribution in [0.4, 0.5) is 0 Å². The lowest BCUT2D eigenvalue weighted by atomic mass is 9.95. The molecule has 0 fully saturated rings. The van der Waals surface area contributed by atoms with Gasteiger partial charge in [0.25, 0.3) is 0 Å². The third-order valence-corrected chi connectivity index (χ3v) is 6.60. The summed E-state index contributed by atoms with van der Waals surface area (Å²) in [6, 6.07) is 2.16. The smallest absolute Gasteiger partial charge is 0.174 e. The zero-order chi connectivity index (χ0) is 19.9. The summed E-state index contributed by atoms with van der Waals surface area (Å²) in [6.07, 6.45) is 0.379. The number of aromatic amines is 1. The van der Waals surface area contributed by atoms with Crippen LogP contribution in [0.15, 0.2) is 10.1 Å². The third-order valence-electron chi connectivity index (χ3n) is 5.40. The molecule has 1 aromatic carbocycles. The molecule has 0 saturated carbocycles. The van der Waals surface area contributed by atoms with Gasteiger partial charge in [0.1, 0.15) is 11.3 Å². The van der Waals surface area contributed by atoms with E-state index in [1.807, 2.05) is 11.5 Å². The van der Waals surface area contributed by atoms with E-state index in [1.165, 1.54) is 32.7 Å². The Morgan fingerprint density at radius 2 is 1.59 bits per heavy atom. The monoisotopic (exact) mass is 380 g/mol. The van der Waals surface area contributed by atoms with Crippen LogP contribution in [-0.4, -0.2) is 19.5 Å². The van der Waals surface area contributed by atoms with Gasteiger partial charge in [-0.25, -0.2) is 9.97 Å². The van der Waals surface area contributed by atoms with Gasteiger partial charge in [0.2, 0.25) is 0 Å². The highest BCUT2D eigenvalue weighted by Gasteiger charge is 2.17. The Balaban J connectivity index is 2.14. The first-order valence-corrected chi connectivity index (χ1v) is 9.71. The molecule has 2 aromatic heterocycles. The number of rotatable bonds is 4. The normalized spacial score (nSPS) is 11.1. The molecule has 3 aromatic rings. The first-order chi connectivity index (χ1) is 12.8. The highest BCUT2D eigenvalue weighted by atomic mass is 32.2. The average Bonchev–Trinajstić information content (AvgIpc) is 3.06. The summed E-state index contributed by atoms with van der Waals surface area (Å²) >= 11 is 1.59. The van der Waals surface area contributed by atoms with Gasteiger partial charge in [-0.05, 0) is 69.4 Å². The minimum atomic E-state index is 0.180. The second-order valence-corrected chi connectivity index (χ2v) is 7.86. The maximum absolute atomic E-state index is 8.93. The van der Waals surface area contributed by atoms with Crippen molar-refractivity contribution in [1.82, 2.24) is 19.5 Å². The second kappa shape index (κ2) is 7.20. The van der Waals surface area contributed by atoms with E-state index in [0.717, 1.165) is 5.16 Å². The molecule has 0 bridgehead atoms. The van der Waals surface area contributed by atoms with Crippen molar-refractivity contribution in [3.63, 3.8) is 0 Å². The minimum Gasteiger partial charge on any atom is -0.328 e. The Morgan fingerprint density at radius 3 is 2.19 bits per heavy atom. The Morgan fingerprint density at radius 1 is 1.00 bits per heavy atom. The molecule has 0 aliphatic carbocycles. The Bertz CT molecular complexity index is 1120. The van der Waals surface area contributed by atoms with E-state index in [-0.39, 0.29) is 5.49 Å². The lowest BCUT2D eigenvalue weighted by molar-refractivity contribution is 0.680. The number of imidazole rings is 1. The van der Waals surface area contributed by atoms with Crippen molar-refractivity contribution in [2.75, 3.05) is 0 Å². The van der Waals surface area contributed by atoms with Crippen LogP contribution in [0, 0.1) is 58.3 Å². The highest BCUT2D eigenvalue weighted by Crippen LogP contribution is 2.36. The molecular formula is C20H24N6S. The summed E-state index contributed by atoms with van der Waals surface area (Å²) in [5.74, 6) is 0.695. The van der Waals surface area contributed by atoms with Crippen LogP contribution in [-0.2, 0) is 6.54 Å². The molecule has 0 unspecified atom stereocenters. The van der Waals surface area contributed by atoms with E-state index in [2.05, 4.69) is 50.7 Å². The molecule has 3 rings (SSSR count). The number of hydrogen-bond donors (Lipinski definition) is 2. The van der Waals surface area contributed by atoms with Crippen molar-refractivity contribution in [3.8, 4) is 6.07 Å². The number of nitrogens with zero attached hydrogens (tertiary/aromatic N) is 4. The van der Waals surface area contributed by atoms with Gasteiger partial charge in [0.05, 0.1) is 12.5 Å². The van der Waals surface area contributed by atoms with Crippen LogP contribution in [0.25, 0.3) is 11.2 Å². The van der Waals surface area contributed by atoms with Crippen LogP contribution in [0.2, 0.25) is 0 Å². The number of benzene rings is 1. The maximum Gasteiger partial charge on any atom is 0.174 e. The number of H-pyrrole nitrogens is 1. The fourth-order valence-electron chi connectivity index (χ4n) is 3.33. The summed E-state index contributed by atoms with van der Waals surface area (Å²) < 4.78 is 1.91. The zero-order valence-electron chi connectivity index (χ0n) is 16.6. The molecule has 0 aliphatic heterocycles. The van der Waals surface area contributed by atoms with Gasteiger partial charge in [0, 0.05) is 11.4 Å². The summed E-state index contributed by atoms with van der Waals surface area (Å²) in [5.41, 5.74) is 7.94. The lowest BCUT2D eigenvalue weighted by Gasteiger charge is -2.17. The summed E-state index contributed by atoms with van der Waals surface area (Å²) in [5, 5.41) is 17.9. The molecule has 2 heterocycles. The SMILES string of the molecule is Cc1c(C)c(C)c(Sc2nc3c([nH]2)c(=N)nc(C)n3CCC#N)c(C)c1C. The van der Waals surface area contributed by atoms with Gasteiger partial charge in [-0.2, -0.15) is 5.26 Å². The molecule has 2 N–H and O–H groups in total. The Labute approximate surface area is 163 Å². The summed E-state index contributed by atoms with van der Waals surface area (Å²) in [6.45, 7) is 13.1. The van der Waals surface area contributed by atoms with Gasteiger partial charge in [-0.1, -0.05) is 11.8 Å². The fourth-order valence-corrected chi connectivity index (χ4v) is 4.42. The van der Waals surface area contributed by atoms with Gasteiger partial charge in [-0.3, -0.25) is 5.41 Å². The number of nitrogens with one attached hydrogen (secondary N) is 2. The number of aromatic nitrogens is 4. The summed E-state index contributed by atoms with van der Waals surface area (Å²) in [4.78, 5) is 13.5. The average molecular weight is 381 g/mol. The van der Waals surface area contributed by atoms with Crippen LogP contribution in [0.3, 0.4) is 0 Å². The van der Waals surface area contributed by atoms with E-state index in [0.29, 0.717) is 30.0 Å². The predicted octanol–water partition coefficient (Wildman–Crippen LogP) is 4.15. The number of aryl methyl sites for hydroxylation is 2. The first kappa shape index (κ1) is 19.2. The molecule has 27 heavy (non-hydrogen) atoms.